The zero-order chi connectivity index (χ0) is 18.8. The number of nitrogens with one attached hydrogen (secondary N) is 1. The van der Waals surface area contributed by atoms with Crippen molar-refractivity contribution in [3.63, 3.8) is 0 Å². The van der Waals surface area contributed by atoms with Gasteiger partial charge in [-0.15, -0.1) is 0 Å². The van der Waals surface area contributed by atoms with Crippen LogP contribution in [0.15, 0.2) is 47.7 Å². The normalized spacial score (nSPS) is 22.2. The first-order chi connectivity index (χ1) is 12.9. The summed E-state index contributed by atoms with van der Waals surface area (Å²) in [5.41, 5.74) is 7.63. The van der Waals surface area contributed by atoms with Crippen molar-refractivity contribution in [2.45, 2.75) is 31.3 Å². The predicted octanol–water partition coefficient (Wildman–Crippen LogP) is 2.45. The third-order valence-corrected chi connectivity index (χ3v) is 5.40. The molecule has 1 fully saturated rings. The molecule has 4 aromatic rings. The van der Waals surface area contributed by atoms with Gasteiger partial charge in [0.2, 0.25) is 0 Å². The Kier molecular flexibility index (Phi) is 3.21. The van der Waals surface area contributed by atoms with Gasteiger partial charge in [-0.25, -0.2) is 9.97 Å². The fraction of sp³-hybridized carbons (Fsp3) is 0.250. The molecule has 0 atom stereocenters. The first-order valence-corrected chi connectivity index (χ1v) is 8.90. The van der Waals surface area contributed by atoms with E-state index >= 15 is 0 Å². The number of H-pyrrole nitrogens is 1. The van der Waals surface area contributed by atoms with Crippen LogP contribution in [-0.4, -0.2) is 30.1 Å². The minimum Gasteiger partial charge on any atom is -0.390 e. The van der Waals surface area contributed by atoms with Crippen LogP contribution in [0, 0.1) is 0 Å². The molecule has 5 rings (SSSR count). The van der Waals surface area contributed by atoms with E-state index < -0.39 is 5.60 Å². The topological polar surface area (TPSA) is 109 Å². The van der Waals surface area contributed by atoms with Crippen LogP contribution in [0.5, 0.6) is 0 Å². The number of nitrogens with two attached hydrogens (primary N) is 1. The van der Waals surface area contributed by atoms with E-state index in [4.69, 9.17) is 10.7 Å². The fourth-order valence-electron chi connectivity index (χ4n) is 4.09. The summed E-state index contributed by atoms with van der Waals surface area (Å²) in [6.45, 7) is 1.84. The van der Waals surface area contributed by atoms with E-state index in [-0.39, 0.29) is 11.5 Å². The highest BCUT2D eigenvalue weighted by molar-refractivity contribution is 5.91. The smallest absolute Gasteiger partial charge is 0.255 e. The molecule has 0 spiro atoms. The molecule has 0 saturated heterocycles. The molecule has 0 amide bonds. The molecule has 136 valence electrons. The number of nitrogens with zero attached hydrogens (tertiary/aromatic N) is 3. The predicted molar refractivity (Wildman–Crippen MR) is 104 cm³/mol. The van der Waals surface area contributed by atoms with Crippen molar-refractivity contribution in [3.8, 4) is 11.3 Å². The third kappa shape index (κ3) is 2.43. The average Bonchev–Trinajstić information content (AvgIpc) is 3.00. The Hall–Kier alpha value is -3.19. The van der Waals surface area contributed by atoms with Gasteiger partial charge >= 0.3 is 0 Å². The summed E-state index contributed by atoms with van der Waals surface area (Å²) in [5.74, 6) is 1.41. The molecule has 0 radical (unpaired) electrons. The van der Waals surface area contributed by atoms with Crippen LogP contribution >= 0.6 is 0 Å². The van der Waals surface area contributed by atoms with Crippen LogP contribution in [0.4, 0.5) is 5.82 Å². The summed E-state index contributed by atoms with van der Waals surface area (Å²) in [7, 11) is 0. The zero-order valence-corrected chi connectivity index (χ0v) is 14.8. The molecule has 1 aromatic carbocycles. The molecule has 3 heterocycles. The average molecular weight is 361 g/mol. The molecule has 7 nitrogen and oxygen atoms in total. The highest BCUT2D eigenvalue weighted by Crippen LogP contribution is 2.45. The summed E-state index contributed by atoms with van der Waals surface area (Å²) < 4.78 is 1.96. The van der Waals surface area contributed by atoms with Crippen LogP contribution in [0.3, 0.4) is 0 Å². The van der Waals surface area contributed by atoms with E-state index in [1.165, 1.54) is 0 Å². The van der Waals surface area contributed by atoms with E-state index in [2.05, 4.69) is 9.97 Å². The molecule has 7 heteroatoms. The number of pyridine rings is 1. The minimum absolute atomic E-state index is 0.140. The van der Waals surface area contributed by atoms with Gasteiger partial charge in [-0.1, -0.05) is 12.1 Å². The Balaban J connectivity index is 1.74. The quantitative estimate of drug-likeness (QED) is 0.508. The lowest BCUT2D eigenvalue weighted by molar-refractivity contribution is -0.0335. The van der Waals surface area contributed by atoms with Crippen molar-refractivity contribution in [1.82, 2.24) is 19.4 Å². The second-order valence-corrected chi connectivity index (χ2v) is 7.56. The lowest BCUT2D eigenvalue weighted by atomic mass is 9.72. The molecule has 1 aliphatic carbocycles. The maximum absolute atomic E-state index is 12.2. The number of nitrogen functional groups attached to an aromatic ring is 1. The van der Waals surface area contributed by atoms with Crippen LogP contribution < -0.4 is 11.3 Å². The molecule has 1 aliphatic rings. The molecule has 0 unspecified atom stereocenters. The number of fused-ring (bicyclic) bond motifs is 2. The first-order valence-electron chi connectivity index (χ1n) is 8.90. The molecule has 27 heavy (non-hydrogen) atoms. The summed E-state index contributed by atoms with van der Waals surface area (Å²) in [6, 6.07) is 7.55. The number of hydrogen-bond donors (Lipinski definition) is 3. The Morgan fingerprint density at radius 2 is 2.15 bits per heavy atom. The van der Waals surface area contributed by atoms with Crippen molar-refractivity contribution in [3.05, 3.63) is 59.0 Å². The van der Waals surface area contributed by atoms with E-state index in [1.54, 1.807) is 12.4 Å². The van der Waals surface area contributed by atoms with Crippen molar-refractivity contribution in [2.24, 2.45) is 0 Å². The SMILES string of the molecule is CC1(O)CC(c2nc(-c3ccc4cc[nH]c(=O)c4c3)c3c(N)nccn23)C1. The van der Waals surface area contributed by atoms with E-state index in [0.717, 1.165) is 22.3 Å². The van der Waals surface area contributed by atoms with E-state index in [0.29, 0.717) is 29.7 Å². The second kappa shape index (κ2) is 5.40. The molecular formula is C20H19N5O2. The molecule has 0 bridgehead atoms. The van der Waals surface area contributed by atoms with Crippen molar-refractivity contribution < 1.29 is 5.11 Å². The highest BCUT2D eigenvalue weighted by atomic mass is 16.3. The second-order valence-electron chi connectivity index (χ2n) is 7.56. The monoisotopic (exact) mass is 361 g/mol. The van der Waals surface area contributed by atoms with Crippen LogP contribution in [0.2, 0.25) is 0 Å². The summed E-state index contributed by atoms with van der Waals surface area (Å²) in [4.78, 5) is 24.0. The van der Waals surface area contributed by atoms with Crippen molar-refractivity contribution >= 4 is 22.1 Å². The lowest BCUT2D eigenvalue weighted by Crippen LogP contribution is -2.40. The summed E-state index contributed by atoms with van der Waals surface area (Å²) in [5, 5.41) is 11.6. The summed E-state index contributed by atoms with van der Waals surface area (Å²) in [6.07, 6.45) is 6.45. The minimum atomic E-state index is -0.647. The largest absolute Gasteiger partial charge is 0.390 e. The van der Waals surface area contributed by atoms with Gasteiger partial charge in [-0.3, -0.25) is 9.20 Å². The van der Waals surface area contributed by atoms with Gasteiger partial charge < -0.3 is 15.8 Å². The van der Waals surface area contributed by atoms with Crippen LogP contribution in [0.25, 0.3) is 27.5 Å². The number of anilines is 1. The number of imidazole rings is 1. The van der Waals surface area contributed by atoms with Crippen molar-refractivity contribution in [2.75, 3.05) is 5.73 Å². The fourth-order valence-corrected chi connectivity index (χ4v) is 4.09. The van der Waals surface area contributed by atoms with Crippen LogP contribution in [0.1, 0.15) is 31.5 Å². The summed E-state index contributed by atoms with van der Waals surface area (Å²) >= 11 is 0. The highest BCUT2D eigenvalue weighted by Gasteiger charge is 2.41. The van der Waals surface area contributed by atoms with E-state index in [9.17, 15) is 9.90 Å². The van der Waals surface area contributed by atoms with Gasteiger partial charge in [0.1, 0.15) is 22.9 Å². The van der Waals surface area contributed by atoms with Gasteiger partial charge in [0.05, 0.1) is 5.60 Å². The number of benzene rings is 1. The van der Waals surface area contributed by atoms with Gasteiger partial charge in [-0.2, -0.15) is 0 Å². The lowest BCUT2D eigenvalue weighted by Gasteiger charge is -2.40. The van der Waals surface area contributed by atoms with Gasteiger partial charge in [0.25, 0.3) is 5.56 Å². The molecule has 0 aliphatic heterocycles. The van der Waals surface area contributed by atoms with Crippen LogP contribution in [-0.2, 0) is 0 Å². The Bertz CT molecular complexity index is 1250. The standard InChI is InChI=1S/C20H19N5O2/c1-20(27)9-13(10-20)18-24-15(16-17(21)22-6-7-25(16)18)12-3-2-11-4-5-23-19(26)14(11)8-12/h2-8,13,27H,9-10H2,1H3,(H2,21,22)(H,23,26). The number of aliphatic hydroxyl groups is 1. The number of hydrogen-bond acceptors (Lipinski definition) is 5. The van der Waals surface area contributed by atoms with E-state index in [1.807, 2.05) is 41.8 Å². The Morgan fingerprint density at radius 1 is 1.33 bits per heavy atom. The Labute approximate surface area is 154 Å². The Morgan fingerprint density at radius 3 is 2.93 bits per heavy atom. The maximum atomic E-state index is 12.2. The zero-order valence-electron chi connectivity index (χ0n) is 14.8. The molecule has 3 aromatic heterocycles. The maximum Gasteiger partial charge on any atom is 0.255 e. The molecule has 4 N–H and O–H groups in total. The molecular weight excluding hydrogens is 342 g/mol. The number of rotatable bonds is 2. The number of aromatic nitrogens is 4. The van der Waals surface area contributed by atoms with Gasteiger partial charge in [0.15, 0.2) is 0 Å². The van der Waals surface area contributed by atoms with Crippen molar-refractivity contribution in [1.29, 1.82) is 0 Å². The molecule has 1 saturated carbocycles. The first kappa shape index (κ1) is 16.0. The number of aromatic amines is 1. The van der Waals surface area contributed by atoms with Gasteiger partial charge in [0, 0.05) is 35.5 Å². The third-order valence-electron chi connectivity index (χ3n) is 5.40. The van der Waals surface area contributed by atoms with Gasteiger partial charge in [-0.05, 0) is 37.3 Å².